The lowest BCUT2D eigenvalue weighted by Crippen LogP contribution is -2.42. The van der Waals surface area contributed by atoms with Crippen molar-refractivity contribution in [1.29, 1.82) is 0 Å². The van der Waals surface area contributed by atoms with Crippen LogP contribution in [-0.4, -0.2) is 59.4 Å². The summed E-state index contributed by atoms with van der Waals surface area (Å²) < 4.78 is 5.16. The van der Waals surface area contributed by atoms with Crippen LogP contribution in [-0.2, 0) is 4.74 Å². The molecule has 7 nitrogen and oxygen atoms in total. The lowest BCUT2D eigenvalue weighted by molar-refractivity contribution is 0.0886. The zero-order valence-corrected chi connectivity index (χ0v) is 15.2. The minimum Gasteiger partial charge on any atom is -0.388 e. The lowest BCUT2D eigenvalue weighted by Gasteiger charge is -2.27. The molecular weight excluding hydrogens is 344 g/mol. The number of benzene rings is 1. The van der Waals surface area contributed by atoms with Gasteiger partial charge in [-0.15, -0.1) is 0 Å². The van der Waals surface area contributed by atoms with Gasteiger partial charge in [-0.2, -0.15) is 0 Å². The minimum atomic E-state index is -0.651. The molecule has 27 heavy (non-hydrogen) atoms. The Morgan fingerprint density at radius 2 is 1.89 bits per heavy atom. The summed E-state index contributed by atoms with van der Waals surface area (Å²) in [6, 6.07) is 8.97. The van der Waals surface area contributed by atoms with Gasteiger partial charge in [-0.1, -0.05) is 12.1 Å². The molecule has 2 fully saturated rings. The number of piperidine rings is 1. The maximum atomic E-state index is 12.3. The number of nitrogens with zero attached hydrogens (tertiary/aromatic N) is 3. The summed E-state index contributed by atoms with van der Waals surface area (Å²) in [5.41, 5.74) is 2.33. The third kappa shape index (κ3) is 4.09. The van der Waals surface area contributed by atoms with Crippen LogP contribution in [0.5, 0.6) is 0 Å². The van der Waals surface area contributed by atoms with Gasteiger partial charge in [0.15, 0.2) is 0 Å². The first-order chi connectivity index (χ1) is 13.2. The second-order valence-electron chi connectivity index (χ2n) is 7.07. The van der Waals surface area contributed by atoms with Crippen LogP contribution in [0.1, 0.15) is 29.6 Å². The SMILES string of the molecule is O=C(N[C@H]1COC[C@@H]1O)c1ccc(-c2cc(N3CCCCC3)ncn2)cc1. The molecule has 3 heterocycles. The van der Waals surface area contributed by atoms with Crippen LogP contribution < -0.4 is 10.2 Å². The molecule has 2 atom stereocenters. The zero-order chi connectivity index (χ0) is 18.6. The molecule has 4 rings (SSSR count). The molecule has 0 radical (unpaired) electrons. The predicted octanol–water partition coefficient (Wildman–Crippen LogP) is 1.62. The number of carbonyl (C=O) groups is 1. The van der Waals surface area contributed by atoms with Gasteiger partial charge in [0, 0.05) is 30.3 Å². The molecule has 7 heteroatoms. The third-order valence-electron chi connectivity index (χ3n) is 5.14. The van der Waals surface area contributed by atoms with Crippen LogP contribution in [0, 0.1) is 0 Å². The van der Waals surface area contributed by atoms with Gasteiger partial charge < -0.3 is 20.1 Å². The van der Waals surface area contributed by atoms with Crippen molar-refractivity contribution >= 4 is 11.7 Å². The molecule has 2 aliphatic rings. The van der Waals surface area contributed by atoms with E-state index in [4.69, 9.17) is 4.74 Å². The highest BCUT2D eigenvalue weighted by atomic mass is 16.5. The van der Waals surface area contributed by atoms with Gasteiger partial charge in [0.25, 0.3) is 5.91 Å². The standard InChI is InChI=1S/C20H24N4O3/c25-18-12-27-11-17(18)23-20(26)15-6-4-14(5-7-15)16-10-19(22-13-21-16)24-8-2-1-3-9-24/h4-7,10,13,17-18,25H,1-3,8-9,11-12H2,(H,23,26)/t17-,18-/m0/s1. The first-order valence-corrected chi connectivity index (χ1v) is 9.45. The van der Waals surface area contributed by atoms with E-state index in [-0.39, 0.29) is 18.6 Å². The monoisotopic (exact) mass is 368 g/mol. The highest BCUT2D eigenvalue weighted by Gasteiger charge is 2.27. The maximum absolute atomic E-state index is 12.3. The molecule has 2 N–H and O–H groups in total. The van der Waals surface area contributed by atoms with Crippen molar-refractivity contribution in [1.82, 2.24) is 15.3 Å². The van der Waals surface area contributed by atoms with Gasteiger partial charge in [0.1, 0.15) is 12.1 Å². The number of anilines is 1. The molecule has 0 unspecified atom stereocenters. The van der Waals surface area contributed by atoms with E-state index < -0.39 is 6.10 Å². The number of hydrogen-bond acceptors (Lipinski definition) is 6. The first kappa shape index (κ1) is 17.9. The van der Waals surface area contributed by atoms with Gasteiger partial charge in [-0.25, -0.2) is 9.97 Å². The fourth-order valence-corrected chi connectivity index (χ4v) is 3.53. The predicted molar refractivity (Wildman–Crippen MR) is 102 cm³/mol. The maximum Gasteiger partial charge on any atom is 0.251 e. The number of amides is 1. The Balaban J connectivity index is 1.46. The summed E-state index contributed by atoms with van der Waals surface area (Å²) in [5.74, 6) is 0.740. The number of carbonyl (C=O) groups excluding carboxylic acids is 1. The number of rotatable bonds is 4. The van der Waals surface area contributed by atoms with Crippen molar-refractivity contribution in [3.8, 4) is 11.3 Å². The number of aliphatic hydroxyl groups excluding tert-OH is 1. The molecule has 1 amide bonds. The van der Waals surface area contributed by atoms with E-state index >= 15 is 0 Å². The number of ether oxygens (including phenoxy) is 1. The Labute approximate surface area is 158 Å². The lowest BCUT2D eigenvalue weighted by atomic mass is 10.1. The average molecular weight is 368 g/mol. The quantitative estimate of drug-likeness (QED) is 0.853. The van der Waals surface area contributed by atoms with Gasteiger partial charge in [-0.3, -0.25) is 4.79 Å². The molecular formula is C20H24N4O3. The summed E-state index contributed by atoms with van der Waals surface area (Å²) in [7, 11) is 0. The molecule has 2 aliphatic heterocycles. The molecule has 0 spiro atoms. The number of hydrogen-bond donors (Lipinski definition) is 2. The van der Waals surface area contributed by atoms with E-state index in [0.717, 1.165) is 30.2 Å². The number of nitrogens with one attached hydrogen (secondary N) is 1. The van der Waals surface area contributed by atoms with Gasteiger partial charge >= 0.3 is 0 Å². The van der Waals surface area contributed by atoms with Crippen molar-refractivity contribution in [2.24, 2.45) is 0 Å². The van der Waals surface area contributed by atoms with Crippen molar-refractivity contribution < 1.29 is 14.6 Å². The first-order valence-electron chi connectivity index (χ1n) is 9.45. The smallest absolute Gasteiger partial charge is 0.251 e. The van der Waals surface area contributed by atoms with Crippen LogP contribution in [0.4, 0.5) is 5.82 Å². The van der Waals surface area contributed by atoms with E-state index in [1.54, 1.807) is 18.5 Å². The van der Waals surface area contributed by atoms with E-state index in [1.807, 2.05) is 18.2 Å². The van der Waals surface area contributed by atoms with Crippen molar-refractivity contribution in [3.05, 3.63) is 42.2 Å². The molecule has 0 bridgehead atoms. The Morgan fingerprint density at radius 1 is 1.11 bits per heavy atom. The van der Waals surface area contributed by atoms with Crippen LogP contribution in [0.15, 0.2) is 36.7 Å². The zero-order valence-electron chi connectivity index (χ0n) is 15.2. The van der Waals surface area contributed by atoms with Crippen molar-refractivity contribution in [2.45, 2.75) is 31.4 Å². The van der Waals surface area contributed by atoms with Crippen LogP contribution >= 0.6 is 0 Å². The molecule has 142 valence electrons. The highest BCUT2D eigenvalue weighted by Crippen LogP contribution is 2.23. The summed E-state index contributed by atoms with van der Waals surface area (Å²) in [6.07, 6.45) is 4.62. The highest BCUT2D eigenvalue weighted by molar-refractivity contribution is 5.94. The average Bonchev–Trinajstić information content (AvgIpc) is 3.13. The minimum absolute atomic E-state index is 0.215. The van der Waals surface area contributed by atoms with Gasteiger partial charge in [0.2, 0.25) is 0 Å². The van der Waals surface area contributed by atoms with Crippen LogP contribution in [0.2, 0.25) is 0 Å². The molecule has 2 aromatic rings. The van der Waals surface area contributed by atoms with Crippen molar-refractivity contribution in [2.75, 3.05) is 31.2 Å². The van der Waals surface area contributed by atoms with Crippen LogP contribution in [0.25, 0.3) is 11.3 Å². The second kappa shape index (κ2) is 8.02. The third-order valence-corrected chi connectivity index (χ3v) is 5.14. The molecule has 1 aromatic heterocycles. The van der Waals surface area contributed by atoms with E-state index in [1.165, 1.54) is 19.3 Å². The van der Waals surface area contributed by atoms with E-state index in [0.29, 0.717) is 12.2 Å². The van der Waals surface area contributed by atoms with Crippen molar-refractivity contribution in [3.63, 3.8) is 0 Å². The Bertz CT molecular complexity index is 790. The summed E-state index contributed by atoms with van der Waals surface area (Å²) in [6.45, 7) is 2.67. The Hall–Kier alpha value is -2.51. The van der Waals surface area contributed by atoms with Gasteiger partial charge in [0.05, 0.1) is 31.1 Å². The summed E-state index contributed by atoms with van der Waals surface area (Å²) in [4.78, 5) is 23.4. The number of aliphatic hydroxyl groups is 1. The fraction of sp³-hybridized carbons (Fsp3) is 0.450. The van der Waals surface area contributed by atoms with E-state index in [2.05, 4.69) is 20.2 Å². The largest absolute Gasteiger partial charge is 0.388 e. The summed E-state index contributed by atoms with van der Waals surface area (Å²) in [5, 5.41) is 12.6. The molecule has 0 aliphatic carbocycles. The topological polar surface area (TPSA) is 87.6 Å². The van der Waals surface area contributed by atoms with E-state index in [9.17, 15) is 9.90 Å². The summed E-state index contributed by atoms with van der Waals surface area (Å²) >= 11 is 0. The molecule has 0 saturated carbocycles. The normalized spacial score (nSPS) is 22.6. The Morgan fingerprint density at radius 3 is 2.59 bits per heavy atom. The molecule has 2 saturated heterocycles. The Kier molecular flexibility index (Phi) is 5.31. The van der Waals surface area contributed by atoms with Crippen LogP contribution in [0.3, 0.4) is 0 Å². The fourth-order valence-electron chi connectivity index (χ4n) is 3.53. The van der Waals surface area contributed by atoms with Gasteiger partial charge in [-0.05, 0) is 31.4 Å². The number of aromatic nitrogens is 2. The second-order valence-corrected chi connectivity index (χ2v) is 7.07. The molecule has 1 aromatic carbocycles.